The minimum absolute atomic E-state index is 0.205. The van der Waals surface area contributed by atoms with Gasteiger partial charge in [0.15, 0.2) is 0 Å². The van der Waals surface area contributed by atoms with E-state index >= 15 is 0 Å². The molecule has 1 atom stereocenters. The molecule has 32 heavy (non-hydrogen) atoms. The van der Waals surface area contributed by atoms with E-state index < -0.39 is 17.9 Å². The zero-order valence-corrected chi connectivity index (χ0v) is 18.3. The number of benzene rings is 2. The molecular formula is C24H22ClN3O4. The van der Waals surface area contributed by atoms with Crippen molar-refractivity contribution < 1.29 is 19.1 Å². The van der Waals surface area contributed by atoms with E-state index in [0.717, 1.165) is 5.56 Å². The molecule has 1 heterocycles. The smallest absolute Gasteiger partial charge is 0.328 e. The number of nitrogens with one attached hydrogen (secondary N) is 2. The van der Waals surface area contributed by atoms with Crippen LogP contribution in [0, 0.1) is 6.92 Å². The highest BCUT2D eigenvalue weighted by Gasteiger charge is 2.24. The fourth-order valence-corrected chi connectivity index (χ4v) is 3.45. The molecule has 0 fully saturated rings. The molecule has 0 unspecified atom stereocenters. The molecule has 0 aliphatic heterocycles. The lowest BCUT2D eigenvalue weighted by Gasteiger charge is -2.18. The van der Waals surface area contributed by atoms with Crippen LogP contribution in [0.3, 0.4) is 0 Å². The Kier molecular flexibility index (Phi) is 7.57. The number of pyridine rings is 1. The van der Waals surface area contributed by atoms with Crippen LogP contribution in [0.4, 0.5) is 5.69 Å². The van der Waals surface area contributed by atoms with Crippen LogP contribution in [0.25, 0.3) is 0 Å². The Balaban J connectivity index is 1.70. The first kappa shape index (κ1) is 23.0. The number of halogens is 1. The van der Waals surface area contributed by atoms with Crippen LogP contribution in [0.5, 0.6) is 0 Å². The summed E-state index contributed by atoms with van der Waals surface area (Å²) in [5.74, 6) is -1.36. The SMILES string of the molecule is COC(=O)[C@H](Cc1ccc(NC(=O)c2ccccn2)cc1)NC(=O)c1c(C)cccc1Cl. The Morgan fingerprint density at radius 2 is 1.75 bits per heavy atom. The van der Waals surface area contributed by atoms with Crippen molar-refractivity contribution >= 4 is 35.1 Å². The summed E-state index contributed by atoms with van der Waals surface area (Å²) in [6.45, 7) is 1.77. The number of carbonyl (C=O) groups excluding carboxylic acids is 3. The van der Waals surface area contributed by atoms with Crippen LogP contribution in [-0.2, 0) is 16.0 Å². The van der Waals surface area contributed by atoms with E-state index in [1.807, 2.05) is 0 Å². The molecule has 164 valence electrons. The van der Waals surface area contributed by atoms with Crippen LogP contribution in [0.15, 0.2) is 66.9 Å². The predicted molar refractivity (Wildman–Crippen MR) is 122 cm³/mol. The van der Waals surface area contributed by atoms with Crippen molar-refractivity contribution in [3.8, 4) is 0 Å². The molecule has 0 saturated carbocycles. The Labute approximate surface area is 190 Å². The van der Waals surface area contributed by atoms with Crippen LogP contribution >= 0.6 is 11.6 Å². The Hall–Kier alpha value is -3.71. The number of hydrogen-bond donors (Lipinski definition) is 2. The molecule has 7 nitrogen and oxygen atoms in total. The lowest BCUT2D eigenvalue weighted by atomic mass is 10.0. The molecular weight excluding hydrogens is 430 g/mol. The monoisotopic (exact) mass is 451 g/mol. The minimum atomic E-state index is -0.905. The van der Waals surface area contributed by atoms with E-state index in [1.54, 1.807) is 73.8 Å². The summed E-state index contributed by atoms with van der Waals surface area (Å²) < 4.78 is 4.86. The maximum Gasteiger partial charge on any atom is 0.328 e. The van der Waals surface area contributed by atoms with Gasteiger partial charge in [0, 0.05) is 18.3 Å². The number of hydrogen-bond acceptors (Lipinski definition) is 5. The maximum absolute atomic E-state index is 12.8. The van der Waals surface area contributed by atoms with Crippen LogP contribution in [0.2, 0.25) is 5.02 Å². The molecule has 2 aromatic carbocycles. The van der Waals surface area contributed by atoms with Crippen LogP contribution in [-0.4, -0.2) is 35.9 Å². The third kappa shape index (κ3) is 5.70. The first-order valence-corrected chi connectivity index (χ1v) is 10.2. The van der Waals surface area contributed by atoms with Gasteiger partial charge in [-0.1, -0.05) is 41.9 Å². The van der Waals surface area contributed by atoms with Crippen molar-refractivity contribution in [2.24, 2.45) is 0 Å². The third-order valence-electron chi connectivity index (χ3n) is 4.79. The fraction of sp³-hybridized carbons (Fsp3) is 0.167. The van der Waals surface area contributed by atoms with E-state index in [2.05, 4.69) is 15.6 Å². The molecule has 0 bridgehead atoms. The summed E-state index contributed by atoms with van der Waals surface area (Å²) in [7, 11) is 1.26. The number of anilines is 1. The molecule has 1 aromatic heterocycles. The number of aryl methyl sites for hydroxylation is 1. The average Bonchev–Trinajstić information content (AvgIpc) is 2.79. The number of methoxy groups -OCH3 is 1. The van der Waals surface area contributed by atoms with E-state index in [4.69, 9.17) is 16.3 Å². The highest BCUT2D eigenvalue weighted by atomic mass is 35.5. The summed E-state index contributed by atoms with van der Waals surface area (Å²) in [5.41, 5.74) is 2.67. The van der Waals surface area contributed by atoms with Crippen molar-refractivity contribution in [1.29, 1.82) is 0 Å². The molecule has 3 aromatic rings. The predicted octanol–water partition coefficient (Wildman–Crippen LogP) is 3.81. The second kappa shape index (κ2) is 10.5. The van der Waals surface area contributed by atoms with Gasteiger partial charge in [-0.3, -0.25) is 14.6 Å². The molecule has 0 radical (unpaired) electrons. The maximum atomic E-state index is 12.8. The largest absolute Gasteiger partial charge is 0.467 e. The molecule has 2 amide bonds. The summed E-state index contributed by atoms with van der Waals surface area (Å²) >= 11 is 6.17. The average molecular weight is 452 g/mol. The van der Waals surface area contributed by atoms with Crippen molar-refractivity contribution in [3.05, 3.63) is 94.3 Å². The van der Waals surface area contributed by atoms with Gasteiger partial charge in [-0.2, -0.15) is 0 Å². The van der Waals surface area contributed by atoms with Gasteiger partial charge in [0.05, 0.1) is 17.7 Å². The Morgan fingerprint density at radius 3 is 2.38 bits per heavy atom. The third-order valence-corrected chi connectivity index (χ3v) is 5.10. The van der Waals surface area contributed by atoms with Crippen LogP contribution < -0.4 is 10.6 Å². The summed E-state index contributed by atoms with van der Waals surface area (Å²) in [5, 5.41) is 5.77. The van der Waals surface area contributed by atoms with Gasteiger partial charge in [-0.05, 0) is 48.4 Å². The number of amides is 2. The van der Waals surface area contributed by atoms with Gasteiger partial charge < -0.3 is 15.4 Å². The van der Waals surface area contributed by atoms with Gasteiger partial charge in [0.25, 0.3) is 11.8 Å². The standard InChI is InChI=1S/C24H22ClN3O4/c1-15-6-5-7-18(25)21(15)23(30)28-20(24(31)32-2)14-16-9-11-17(12-10-16)27-22(29)19-8-3-4-13-26-19/h3-13,20H,14H2,1-2H3,(H,27,29)(H,28,30)/t20-/m0/s1. The second-order valence-electron chi connectivity index (χ2n) is 7.05. The van der Waals surface area contributed by atoms with Gasteiger partial charge in [0.2, 0.25) is 0 Å². The number of aromatic nitrogens is 1. The highest BCUT2D eigenvalue weighted by Crippen LogP contribution is 2.20. The molecule has 2 N–H and O–H groups in total. The van der Waals surface area contributed by atoms with Crippen molar-refractivity contribution in [2.75, 3.05) is 12.4 Å². The van der Waals surface area contributed by atoms with E-state index in [-0.39, 0.29) is 12.3 Å². The highest BCUT2D eigenvalue weighted by molar-refractivity contribution is 6.34. The number of nitrogens with zero attached hydrogens (tertiary/aromatic N) is 1. The topological polar surface area (TPSA) is 97.4 Å². The Morgan fingerprint density at radius 1 is 1.00 bits per heavy atom. The Bertz CT molecular complexity index is 1100. The molecule has 0 aliphatic carbocycles. The van der Waals surface area contributed by atoms with Gasteiger partial charge >= 0.3 is 5.97 Å². The lowest BCUT2D eigenvalue weighted by molar-refractivity contribution is -0.142. The number of esters is 1. The van der Waals surface area contributed by atoms with Crippen molar-refractivity contribution in [2.45, 2.75) is 19.4 Å². The second-order valence-corrected chi connectivity index (χ2v) is 7.46. The number of ether oxygens (including phenoxy) is 1. The lowest BCUT2D eigenvalue weighted by Crippen LogP contribution is -2.43. The van der Waals surface area contributed by atoms with E-state index in [1.165, 1.54) is 7.11 Å². The van der Waals surface area contributed by atoms with E-state index in [0.29, 0.717) is 27.5 Å². The quantitative estimate of drug-likeness (QED) is 0.532. The van der Waals surface area contributed by atoms with Gasteiger partial charge in [0.1, 0.15) is 11.7 Å². The number of rotatable bonds is 7. The molecule has 0 spiro atoms. The number of carbonyl (C=O) groups is 3. The summed E-state index contributed by atoms with van der Waals surface area (Å²) in [6, 6.07) is 16.3. The van der Waals surface area contributed by atoms with E-state index in [9.17, 15) is 14.4 Å². The van der Waals surface area contributed by atoms with Crippen molar-refractivity contribution in [3.63, 3.8) is 0 Å². The normalized spacial score (nSPS) is 11.3. The first-order chi connectivity index (χ1) is 15.4. The summed E-state index contributed by atoms with van der Waals surface area (Å²) in [6.07, 6.45) is 1.75. The minimum Gasteiger partial charge on any atom is -0.467 e. The molecule has 0 aliphatic rings. The van der Waals surface area contributed by atoms with Crippen molar-refractivity contribution in [1.82, 2.24) is 10.3 Å². The van der Waals surface area contributed by atoms with Crippen LogP contribution in [0.1, 0.15) is 32.0 Å². The molecule has 0 saturated heterocycles. The zero-order chi connectivity index (χ0) is 23.1. The summed E-state index contributed by atoms with van der Waals surface area (Å²) in [4.78, 5) is 41.3. The fourth-order valence-electron chi connectivity index (χ4n) is 3.14. The van der Waals surface area contributed by atoms with Gasteiger partial charge in [-0.15, -0.1) is 0 Å². The zero-order valence-electron chi connectivity index (χ0n) is 17.6. The molecule has 3 rings (SSSR count). The van der Waals surface area contributed by atoms with Gasteiger partial charge in [-0.25, -0.2) is 4.79 Å². The first-order valence-electron chi connectivity index (χ1n) is 9.84. The molecule has 8 heteroatoms.